The van der Waals surface area contributed by atoms with Gasteiger partial charge >= 0.3 is 0 Å². The van der Waals surface area contributed by atoms with Crippen molar-refractivity contribution < 1.29 is 4.74 Å². The largest absolute Gasteiger partial charge is 0.493 e. The van der Waals surface area contributed by atoms with Gasteiger partial charge in [-0.05, 0) is 23.5 Å². The molecule has 17 heavy (non-hydrogen) atoms. The average molecular weight is 256 g/mol. The summed E-state index contributed by atoms with van der Waals surface area (Å²) in [5.74, 6) is 0.969. The van der Waals surface area contributed by atoms with E-state index in [0.717, 1.165) is 25.2 Å². The minimum absolute atomic E-state index is 0. The Labute approximate surface area is 110 Å². The third-order valence-electron chi connectivity index (χ3n) is 2.89. The second kappa shape index (κ2) is 5.28. The predicted molar refractivity (Wildman–Crippen MR) is 73.9 cm³/mol. The van der Waals surface area contributed by atoms with Crippen molar-refractivity contribution in [1.82, 2.24) is 0 Å². The van der Waals surface area contributed by atoms with E-state index in [4.69, 9.17) is 10.5 Å². The molecule has 1 aliphatic rings. The lowest BCUT2D eigenvalue weighted by Gasteiger charge is -2.25. The van der Waals surface area contributed by atoms with Gasteiger partial charge in [0.05, 0.1) is 6.61 Å². The van der Waals surface area contributed by atoms with E-state index in [1.54, 1.807) is 0 Å². The predicted octanol–water partition coefficient (Wildman–Crippen LogP) is 3.48. The van der Waals surface area contributed by atoms with Crippen molar-refractivity contribution in [3.05, 3.63) is 29.3 Å². The second-order valence-corrected chi connectivity index (χ2v) is 5.85. The first-order chi connectivity index (χ1) is 7.46. The summed E-state index contributed by atoms with van der Waals surface area (Å²) < 4.78 is 5.60. The summed E-state index contributed by atoms with van der Waals surface area (Å²) in [4.78, 5) is 0. The summed E-state index contributed by atoms with van der Waals surface area (Å²) in [6.07, 6.45) is 2.00. The zero-order valence-corrected chi connectivity index (χ0v) is 11.6. The van der Waals surface area contributed by atoms with Gasteiger partial charge in [0.2, 0.25) is 0 Å². The lowest BCUT2D eigenvalue weighted by molar-refractivity contribution is 0.268. The highest BCUT2D eigenvalue weighted by atomic mass is 35.5. The fraction of sp³-hybridized carbons (Fsp3) is 0.571. The lowest BCUT2D eigenvalue weighted by atomic mass is 9.86. The Bertz CT molecular complexity index is 384. The molecular formula is C14H22ClNO. The van der Waals surface area contributed by atoms with Crippen molar-refractivity contribution in [3.63, 3.8) is 0 Å². The molecule has 0 unspecified atom stereocenters. The SMILES string of the molecule is CC(C)(C)Cc1ccc2c(c1)[C@@H](N)CCO2.Cl. The van der Waals surface area contributed by atoms with Gasteiger partial charge in [0.1, 0.15) is 5.75 Å². The van der Waals surface area contributed by atoms with Gasteiger partial charge in [-0.15, -0.1) is 12.4 Å². The maximum absolute atomic E-state index is 6.10. The van der Waals surface area contributed by atoms with Crippen molar-refractivity contribution in [1.29, 1.82) is 0 Å². The Kier molecular flexibility index (Phi) is 4.45. The number of rotatable bonds is 1. The van der Waals surface area contributed by atoms with Gasteiger partial charge in [-0.2, -0.15) is 0 Å². The molecule has 2 nitrogen and oxygen atoms in total. The third-order valence-corrected chi connectivity index (χ3v) is 2.89. The van der Waals surface area contributed by atoms with Crippen LogP contribution in [0.2, 0.25) is 0 Å². The van der Waals surface area contributed by atoms with Gasteiger partial charge in [0.15, 0.2) is 0 Å². The molecule has 0 saturated heterocycles. The molecule has 0 aromatic heterocycles. The molecule has 0 radical (unpaired) electrons. The standard InChI is InChI=1S/C14H21NO.ClH/c1-14(2,3)9-10-4-5-13-11(8-10)12(15)6-7-16-13;/h4-5,8,12H,6-7,9,15H2,1-3H3;1H/t12-;/m0./s1. The number of nitrogens with two attached hydrogens (primary N) is 1. The van der Waals surface area contributed by atoms with Crippen molar-refractivity contribution >= 4 is 12.4 Å². The van der Waals surface area contributed by atoms with Crippen LogP contribution in [0.3, 0.4) is 0 Å². The smallest absolute Gasteiger partial charge is 0.124 e. The minimum atomic E-state index is 0. The molecule has 1 heterocycles. The van der Waals surface area contributed by atoms with Gasteiger partial charge < -0.3 is 10.5 Å². The summed E-state index contributed by atoms with van der Waals surface area (Å²) in [6, 6.07) is 6.57. The molecule has 0 fully saturated rings. The van der Waals surface area contributed by atoms with Crippen LogP contribution in [0.25, 0.3) is 0 Å². The highest BCUT2D eigenvalue weighted by molar-refractivity contribution is 5.85. The van der Waals surface area contributed by atoms with Gasteiger partial charge in [-0.25, -0.2) is 0 Å². The van der Waals surface area contributed by atoms with Crippen LogP contribution in [0.15, 0.2) is 18.2 Å². The monoisotopic (exact) mass is 255 g/mol. The Hall–Kier alpha value is -0.730. The molecule has 96 valence electrons. The summed E-state index contributed by atoms with van der Waals surface area (Å²) >= 11 is 0. The topological polar surface area (TPSA) is 35.2 Å². The molecule has 0 aliphatic carbocycles. The molecular weight excluding hydrogens is 234 g/mol. The fourth-order valence-corrected chi connectivity index (χ4v) is 2.19. The van der Waals surface area contributed by atoms with Gasteiger partial charge in [-0.3, -0.25) is 0 Å². The quantitative estimate of drug-likeness (QED) is 0.834. The first-order valence-corrected chi connectivity index (χ1v) is 5.97. The van der Waals surface area contributed by atoms with Crippen LogP contribution in [-0.2, 0) is 6.42 Å². The summed E-state index contributed by atoms with van der Waals surface area (Å²) in [5, 5.41) is 0. The van der Waals surface area contributed by atoms with Gasteiger partial charge in [-0.1, -0.05) is 32.9 Å². The minimum Gasteiger partial charge on any atom is -0.493 e. The molecule has 0 amide bonds. The molecule has 1 aromatic rings. The Morgan fingerprint density at radius 2 is 2.06 bits per heavy atom. The van der Waals surface area contributed by atoms with E-state index in [9.17, 15) is 0 Å². The molecule has 1 atom stereocenters. The maximum Gasteiger partial charge on any atom is 0.124 e. The zero-order valence-electron chi connectivity index (χ0n) is 10.8. The number of hydrogen-bond donors (Lipinski definition) is 1. The number of benzene rings is 1. The van der Waals surface area contributed by atoms with Crippen LogP contribution in [0.5, 0.6) is 5.75 Å². The molecule has 2 N–H and O–H groups in total. The van der Waals surface area contributed by atoms with Crippen molar-refractivity contribution in [2.45, 2.75) is 39.7 Å². The van der Waals surface area contributed by atoms with Crippen LogP contribution >= 0.6 is 12.4 Å². The van der Waals surface area contributed by atoms with E-state index in [-0.39, 0.29) is 18.4 Å². The molecule has 0 saturated carbocycles. The summed E-state index contributed by atoms with van der Waals surface area (Å²) in [6.45, 7) is 7.50. The summed E-state index contributed by atoms with van der Waals surface area (Å²) in [5.41, 5.74) is 8.94. The van der Waals surface area contributed by atoms with Crippen LogP contribution < -0.4 is 10.5 Å². The Balaban J connectivity index is 0.00000144. The van der Waals surface area contributed by atoms with Gasteiger partial charge in [0, 0.05) is 18.0 Å². The third kappa shape index (κ3) is 3.62. The average Bonchev–Trinajstić information content (AvgIpc) is 2.17. The molecule has 1 aromatic carbocycles. The highest BCUT2D eigenvalue weighted by Gasteiger charge is 2.19. The van der Waals surface area contributed by atoms with Crippen LogP contribution in [0.1, 0.15) is 44.4 Å². The van der Waals surface area contributed by atoms with Crippen molar-refractivity contribution in [3.8, 4) is 5.75 Å². The Morgan fingerprint density at radius 1 is 1.35 bits per heavy atom. The molecule has 2 rings (SSSR count). The Morgan fingerprint density at radius 3 is 2.71 bits per heavy atom. The molecule has 3 heteroatoms. The molecule has 1 aliphatic heterocycles. The normalized spacial score (nSPS) is 18.9. The maximum atomic E-state index is 6.10. The fourth-order valence-electron chi connectivity index (χ4n) is 2.19. The first-order valence-electron chi connectivity index (χ1n) is 5.97. The number of halogens is 1. The summed E-state index contributed by atoms with van der Waals surface area (Å²) in [7, 11) is 0. The molecule has 0 spiro atoms. The number of hydrogen-bond acceptors (Lipinski definition) is 2. The van der Waals surface area contributed by atoms with E-state index in [0.29, 0.717) is 5.41 Å². The lowest BCUT2D eigenvalue weighted by Crippen LogP contribution is -2.21. The highest BCUT2D eigenvalue weighted by Crippen LogP contribution is 2.32. The zero-order chi connectivity index (χ0) is 11.8. The van der Waals surface area contributed by atoms with E-state index in [1.807, 2.05) is 0 Å². The molecule has 0 bridgehead atoms. The van der Waals surface area contributed by atoms with Crippen LogP contribution in [-0.4, -0.2) is 6.61 Å². The van der Waals surface area contributed by atoms with Crippen molar-refractivity contribution in [2.75, 3.05) is 6.61 Å². The van der Waals surface area contributed by atoms with E-state index in [2.05, 4.69) is 39.0 Å². The van der Waals surface area contributed by atoms with E-state index < -0.39 is 0 Å². The number of ether oxygens (including phenoxy) is 1. The number of fused-ring (bicyclic) bond motifs is 1. The van der Waals surface area contributed by atoms with E-state index >= 15 is 0 Å². The van der Waals surface area contributed by atoms with Gasteiger partial charge in [0.25, 0.3) is 0 Å². The first kappa shape index (κ1) is 14.3. The van der Waals surface area contributed by atoms with Crippen molar-refractivity contribution in [2.24, 2.45) is 11.1 Å². The van der Waals surface area contributed by atoms with Crippen LogP contribution in [0, 0.1) is 5.41 Å². The van der Waals surface area contributed by atoms with Crippen LogP contribution in [0.4, 0.5) is 0 Å². The van der Waals surface area contributed by atoms with E-state index in [1.165, 1.54) is 11.1 Å². The second-order valence-electron chi connectivity index (χ2n) is 5.85.